The standard InChI is InChI=1S/C24H14FN3/c25-21-10-9-15(13-16(21)14-26)24-27-12-11-22(28-24)23-19-7-3-1-5-17(19)18-6-2-4-8-20(18)23/h1-13,23H. The van der Waals surface area contributed by atoms with Gasteiger partial charge in [0, 0.05) is 11.8 Å². The molecule has 4 heteroatoms. The van der Waals surface area contributed by atoms with Crippen molar-refractivity contribution < 1.29 is 4.39 Å². The van der Waals surface area contributed by atoms with Crippen LogP contribution in [0.5, 0.6) is 0 Å². The largest absolute Gasteiger partial charge is 0.237 e. The number of benzene rings is 3. The smallest absolute Gasteiger partial charge is 0.159 e. The predicted octanol–water partition coefficient (Wildman–Crippen LogP) is 5.31. The Hall–Kier alpha value is -3.84. The Bertz CT molecular complexity index is 1210. The number of hydrogen-bond donors (Lipinski definition) is 0. The van der Waals surface area contributed by atoms with Crippen molar-refractivity contribution in [3.63, 3.8) is 0 Å². The van der Waals surface area contributed by atoms with Gasteiger partial charge < -0.3 is 0 Å². The topological polar surface area (TPSA) is 49.6 Å². The molecule has 0 bridgehead atoms. The summed E-state index contributed by atoms with van der Waals surface area (Å²) in [6.45, 7) is 0. The summed E-state index contributed by atoms with van der Waals surface area (Å²) >= 11 is 0. The van der Waals surface area contributed by atoms with E-state index in [0.29, 0.717) is 11.4 Å². The van der Waals surface area contributed by atoms with E-state index >= 15 is 0 Å². The van der Waals surface area contributed by atoms with Gasteiger partial charge in [0.15, 0.2) is 5.82 Å². The minimum atomic E-state index is -0.541. The molecule has 1 aliphatic rings. The minimum absolute atomic E-state index is 0.0111. The third-order valence-corrected chi connectivity index (χ3v) is 5.15. The van der Waals surface area contributed by atoms with Crippen molar-refractivity contribution in [1.82, 2.24) is 9.97 Å². The number of hydrogen-bond acceptors (Lipinski definition) is 3. The van der Waals surface area contributed by atoms with Gasteiger partial charge in [0.25, 0.3) is 0 Å². The number of halogens is 1. The lowest BCUT2D eigenvalue weighted by atomic mass is 9.93. The zero-order chi connectivity index (χ0) is 19.1. The number of fused-ring (bicyclic) bond motifs is 3. The van der Waals surface area contributed by atoms with Gasteiger partial charge >= 0.3 is 0 Å². The Labute approximate surface area is 161 Å². The minimum Gasteiger partial charge on any atom is -0.237 e. The van der Waals surface area contributed by atoms with Crippen LogP contribution < -0.4 is 0 Å². The second kappa shape index (κ2) is 6.40. The van der Waals surface area contributed by atoms with E-state index in [1.807, 2.05) is 36.4 Å². The van der Waals surface area contributed by atoms with Gasteiger partial charge in [-0.05, 0) is 46.5 Å². The van der Waals surface area contributed by atoms with E-state index in [-0.39, 0.29) is 11.5 Å². The van der Waals surface area contributed by atoms with Crippen molar-refractivity contribution in [2.75, 3.05) is 0 Å². The Balaban J connectivity index is 1.66. The Morgan fingerprint density at radius 2 is 1.54 bits per heavy atom. The molecular weight excluding hydrogens is 349 g/mol. The number of nitriles is 1. The van der Waals surface area contributed by atoms with E-state index < -0.39 is 5.82 Å². The molecule has 132 valence electrons. The van der Waals surface area contributed by atoms with Gasteiger partial charge in [0.05, 0.1) is 17.2 Å². The molecule has 4 aromatic rings. The Morgan fingerprint density at radius 3 is 2.21 bits per heavy atom. The molecule has 0 amide bonds. The fourth-order valence-electron chi connectivity index (χ4n) is 3.90. The van der Waals surface area contributed by atoms with Crippen LogP contribution in [0.4, 0.5) is 4.39 Å². The van der Waals surface area contributed by atoms with Crippen molar-refractivity contribution >= 4 is 0 Å². The molecular formula is C24H14FN3. The quantitative estimate of drug-likeness (QED) is 0.427. The molecule has 1 aliphatic carbocycles. The predicted molar refractivity (Wildman–Crippen MR) is 105 cm³/mol. The molecule has 0 spiro atoms. The molecule has 1 heterocycles. The molecule has 0 atom stereocenters. The third kappa shape index (κ3) is 2.49. The summed E-state index contributed by atoms with van der Waals surface area (Å²) in [4.78, 5) is 9.14. The number of aromatic nitrogens is 2. The lowest BCUT2D eigenvalue weighted by molar-refractivity contribution is 0.624. The maximum absolute atomic E-state index is 13.7. The zero-order valence-electron chi connectivity index (χ0n) is 14.8. The molecule has 0 saturated heterocycles. The monoisotopic (exact) mass is 363 g/mol. The summed E-state index contributed by atoms with van der Waals surface area (Å²) in [5, 5.41) is 9.10. The molecule has 0 aliphatic heterocycles. The first-order chi connectivity index (χ1) is 13.8. The first-order valence-corrected chi connectivity index (χ1v) is 8.97. The normalized spacial score (nSPS) is 12.3. The molecule has 1 aromatic heterocycles. The fraction of sp³-hybridized carbons (Fsp3) is 0.0417. The van der Waals surface area contributed by atoms with Gasteiger partial charge in [0.2, 0.25) is 0 Å². The van der Waals surface area contributed by atoms with Crippen molar-refractivity contribution in [1.29, 1.82) is 5.26 Å². The lowest BCUT2D eigenvalue weighted by Crippen LogP contribution is -2.04. The van der Waals surface area contributed by atoms with Crippen LogP contribution >= 0.6 is 0 Å². The maximum atomic E-state index is 13.7. The third-order valence-electron chi connectivity index (χ3n) is 5.15. The first-order valence-electron chi connectivity index (χ1n) is 8.97. The summed E-state index contributed by atoms with van der Waals surface area (Å²) < 4.78 is 13.7. The van der Waals surface area contributed by atoms with Crippen molar-refractivity contribution in [3.8, 4) is 28.6 Å². The highest BCUT2D eigenvalue weighted by molar-refractivity contribution is 5.80. The van der Waals surface area contributed by atoms with E-state index in [9.17, 15) is 4.39 Å². The van der Waals surface area contributed by atoms with Crippen LogP contribution in [0.3, 0.4) is 0 Å². The van der Waals surface area contributed by atoms with Gasteiger partial charge in [-0.15, -0.1) is 0 Å². The van der Waals surface area contributed by atoms with Crippen LogP contribution in [-0.2, 0) is 0 Å². The summed E-state index contributed by atoms with van der Waals surface area (Å²) in [6.07, 6.45) is 1.72. The van der Waals surface area contributed by atoms with E-state index in [4.69, 9.17) is 10.2 Å². The second-order valence-electron chi connectivity index (χ2n) is 6.72. The van der Waals surface area contributed by atoms with E-state index in [1.165, 1.54) is 34.4 Å². The van der Waals surface area contributed by atoms with Crippen LogP contribution in [0, 0.1) is 17.1 Å². The summed E-state index contributed by atoms with van der Waals surface area (Å²) in [6, 6.07) is 24.9. The number of nitrogens with zero attached hydrogens (tertiary/aromatic N) is 3. The van der Waals surface area contributed by atoms with Gasteiger partial charge in [-0.3, -0.25) is 0 Å². The van der Waals surface area contributed by atoms with Gasteiger partial charge in [-0.1, -0.05) is 48.5 Å². The van der Waals surface area contributed by atoms with Gasteiger partial charge in [0.1, 0.15) is 11.9 Å². The van der Waals surface area contributed by atoms with Crippen molar-refractivity contribution in [2.24, 2.45) is 0 Å². The van der Waals surface area contributed by atoms with E-state index in [0.717, 1.165) is 5.69 Å². The molecule has 3 nitrogen and oxygen atoms in total. The van der Waals surface area contributed by atoms with Crippen LogP contribution in [0.2, 0.25) is 0 Å². The molecule has 0 unspecified atom stereocenters. The average molecular weight is 363 g/mol. The molecule has 3 aromatic carbocycles. The van der Waals surface area contributed by atoms with Crippen LogP contribution in [0.1, 0.15) is 28.3 Å². The lowest BCUT2D eigenvalue weighted by Gasteiger charge is -2.14. The van der Waals surface area contributed by atoms with Gasteiger partial charge in [-0.2, -0.15) is 5.26 Å². The average Bonchev–Trinajstić information content (AvgIpc) is 3.09. The maximum Gasteiger partial charge on any atom is 0.159 e. The first kappa shape index (κ1) is 16.3. The van der Waals surface area contributed by atoms with Gasteiger partial charge in [-0.25, -0.2) is 14.4 Å². The summed E-state index contributed by atoms with van der Waals surface area (Å²) in [5.74, 6) is -0.0399. The van der Waals surface area contributed by atoms with Crippen LogP contribution in [0.25, 0.3) is 22.5 Å². The molecule has 28 heavy (non-hydrogen) atoms. The highest BCUT2D eigenvalue weighted by Gasteiger charge is 2.30. The molecule has 0 radical (unpaired) electrons. The van der Waals surface area contributed by atoms with E-state index in [2.05, 4.69) is 29.2 Å². The van der Waals surface area contributed by atoms with Crippen molar-refractivity contribution in [2.45, 2.75) is 5.92 Å². The zero-order valence-corrected chi connectivity index (χ0v) is 14.8. The fourth-order valence-corrected chi connectivity index (χ4v) is 3.90. The van der Waals surface area contributed by atoms with Crippen LogP contribution in [0.15, 0.2) is 79.0 Å². The van der Waals surface area contributed by atoms with Crippen LogP contribution in [-0.4, -0.2) is 9.97 Å². The molecule has 5 rings (SSSR count). The van der Waals surface area contributed by atoms with Crippen molar-refractivity contribution in [3.05, 3.63) is 107 Å². The van der Waals surface area contributed by atoms with E-state index in [1.54, 1.807) is 12.3 Å². The number of rotatable bonds is 2. The Morgan fingerprint density at radius 1 is 0.857 bits per heavy atom. The summed E-state index contributed by atoms with van der Waals surface area (Å²) in [5.41, 5.74) is 6.36. The SMILES string of the molecule is N#Cc1cc(-c2nccc(C3c4ccccc4-c4ccccc43)n2)ccc1F. The molecule has 0 saturated carbocycles. The molecule has 0 fully saturated rings. The second-order valence-corrected chi connectivity index (χ2v) is 6.72. The highest BCUT2D eigenvalue weighted by atomic mass is 19.1. The summed E-state index contributed by atoms with van der Waals surface area (Å²) in [7, 11) is 0. The Kier molecular flexibility index (Phi) is 3.73. The highest BCUT2D eigenvalue weighted by Crippen LogP contribution is 2.47. The molecule has 0 N–H and O–H groups in total.